The van der Waals surface area contributed by atoms with Crippen molar-refractivity contribution in [1.82, 2.24) is 9.97 Å². The number of thiazole rings is 1. The summed E-state index contributed by atoms with van der Waals surface area (Å²) in [6.07, 6.45) is 4.40. The lowest BCUT2D eigenvalue weighted by Gasteiger charge is -2.11. The predicted octanol–water partition coefficient (Wildman–Crippen LogP) is 2.93. The minimum atomic E-state index is -0.0132. The van der Waals surface area contributed by atoms with Gasteiger partial charge in [0.05, 0.1) is 10.5 Å². The van der Waals surface area contributed by atoms with Crippen molar-refractivity contribution in [3.63, 3.8) is 0 Å². The van der Waals surface area contributed by atoms with Crippen LogP contribution in [-0.2, 0) is 6.42 Å². The van der Waals surface area contributed by atoms with Crippen LogP contribution in [0.25, 0.3) is 10.9 Å². The Morgan fingerprint density at radius 1 is 1.17 bits per heavy atom. The molecule has 4 heteroatoms. The molecule has 3 nitrogen and oxygen atoms in total. The number of nitrogens with two attached hydrogens (primary N) is 1. The Bertz CT molecular complexity index is 649. The molecule has 2 N–H and O–H groups in total. The first kappa shape index (κ1) is 11.3. The third-order valence-electron chi connectivity index (χ3n) is 2.93. The van der Waals surface area contributed by atoms with Crippen molar-refractivity contribution >= 4 is 22.2 Å². The van der Waals surface area contributed by atoms with E-state index in [1.807, 2.05) is 29.8 Å². The summed E-state index contributed by atoms with van der Waals surface area (Å²) in [6, 6.07) is 10.2. The number of hydrogen-bond acceptors (Lipinski definition) is 4. The molecule has 2 heterocycles. The molecule has 0 radical (unpaired) electrons. The first-order chi connectivity index (χ1) is 8.83. The smallest absolute Gasteiger partial charge is 0.0943 e. The summed E-state index contributed by atoms with van der Waals surface area (Å²) in [5.41, 5.74) is 8.36. The van der Waals surface area contributed by atoms with E-state index in [4.69, 9.17) is 5.73 Å². The van der Waals surface area contributed by atoms with Gasteiger partial charge >= 0.3 is 0 Å². The van der Waals surface area contributed by atoms with Crippen molar-refractivity contribution in [3.8, 4) is 0 Å². The average Bonchev–Trinajstić information content (AvgIpc) is 2.91. The molecule has 0 amide bonds. The number of hydrogen-bond donors (Lipinski definition) is 1. The Morgan fingerprint density at radius 2 is 2.11 bits per heavy atom. The topological polar surface area (TPSA) is 51.8 Å². The van der Waals surface area contributed by atoms with Crippen molar-refractivity contribution in [2.45, 2.75) is 12.5 Å². The highest BCUT2D eigenvalue weighted by Gasteiger charge is 2.09. The molecular formula is C14H13N3S. The van der Waals surface area contributed by atoms with Crippen molar-refractivity contribution in [2.24, 2.45) is 5.73 Å². The van der Waals surface area contributed by atoms with Crippen LogP contribution in [0.1, 0.15) is 16.6 Å². The van der Waals surface area contributed by atoms with E-state index < -0.39 is 0 Å². The fourth-order valence-electron chi connectivity index (χ4n) is 1.98. The van der Waals surface area contributed by atoms with Gasteiger partial charge in [-0.15, -0.1) is 11.3 Å². The molecule has 1 atom stereocenters. The highest BCUT2D eigenvalue weighted by molar-refractivity contribution is 7.09. The van der Waals surface area contributed by atoms with Crippen LogP contribution in [0.5, 0.6) is 0 Å². The molecule has 0 aliphatic heterocycles. The maximum Gasteiger partial charge on any atom is 0.0943 e. The van der Waals surface area contributed by atoms with E-state index in [1.165, 1.54) is 0 Å². The lowest BCUT2D eigenvalue weighted by Crippen LogP contribution is -2.13. The zero-order valence-electron chi connectivity index (χ0n) is 9.78. The number of pyridine rings is 1. The Labute approximate surface area is 109 Å². The normalized spacial score (nSPS) is 12.7. The fourth-order valence-corrected chi connectivity index (χ4v) is 2.66. The minimum Gasteiger partial charge on any atom is -0.324 e. The Kier molecular flexibility index (Phi) is 3.04. The highest BCUT2D eigenvalue weighted by Crippen LogP contribution is 2.21. The van der Waals surface area contributed by atoms with Crippen LogP contribution in [0, 0.1) is 0 Å². The molecule has 1 aromatic carbocycles. The molecule has 0 bridgehead atoms. The van der Waals surface area contributed by atoms with E-state index >= 15 is 0 Å². The molecule has 18 heavy (non-hydrogen) atoms. The lowest BCUT2D eigenvalue weighted by molar-refractivity contribution is 0.719. The number of rotatable bonds is 3. The van der Waals surface area contributed by atoms with Crippen LogP contribution < -0.4 is 5.73 Å². The second-order valence-corrected chi connectivity index (χ2v) is 5.17. The largest absolute Gasteiger partial charge is 0.324 e. The van der Waals surface area contributed by atoms with Gasteiger partial charge in [0.1, 0.15) is 0 Å². The highest BCUT2D eigenvalue weighted by atomic mass is 32.1. The van der Waals surface area contributed by atoms with Gasteiger partial charge in [0, 0.05) is 35.6 Å². The quantitative estimate of drug-likeness (QED) is 0.783. The van der Waals surface area contributed by atoms with Crippen molar-refractivity contribution in [2.75, 3.05) is 0 Å². The molecule has 0 aliphatic carbocycles. The molecule has 3 rings (SSSR count). The zero-order chi connectivity index (χ0) is 12.4. The standard InChI is InChI=1S/C14H13N3S/c15-12(9-14-17-6-7-18-14)10-3-4-13-11(8-10)2-1-5-16-13/h1-8,12H,9,15H2. The molecule has 0 aliphatic rings. The van der Waals surface area contributed by atoms with Crippen molar-refractivity contribution < 1.29 is 0 Å². The second-order valence-electron chi connectivity index (χ2n) is 4.19. The van der Waals surface area contributed by atoms with Gasteiger partial charge in [0.2, 0.25) is 0 Å². The molecule has 1 unspecified atom stereocenters. The summed E-state index contributed by atoms with van der Waals surface area (Å²) >= 11 is 1.65. The summed E-state index contributed by atoms with van der Waals surface area (Å²) in [6.45, 7) is 0. The van der Waals surface area contributed by atoms with Gasteiger partial charge in [-0.1, -0.05) is 12.1 Å². The number of benzene rings is 1. The van der Waals surface area contributed by atoms with Gasteiger partial charge in [-0.2, -0.15) is 0 Å². The van der Waals surface area contributed by atoms with Gasteiger partial charge in [0.15, 0.2) is 0 Å². The molecule has 0 saturated heterocycles. The molecule has 0 fully saturated rings. The molecular weight excluding hydrogens is 242 g/mol. The molecule has 90 valence electrons. The first-order valence-electron chi connectivity index (χ1n) is 5.81. The summed E-state index contributed by atoms with van der Waals surface area (Å²) in [7, 11) is 0. The Hall–Kier alpha value is -1.78. The third kappa shape index (κ3) is 2.25. The van der Waals surface area contributed by atoms with Crippen molar-refractivity contribution in [1.29, 1.82) is 0 Å². The fraction of sp³-hybridized carbons (Fsp3) is 0.143. The summed E-state index contributed by atoms with van der Waals surface area (Å²) in [4.78, 5) is 8.58. The van der Waals surface area contributed by atoms with E-state index in [0.29, 0.717) is 0 Å². The van der Waals surface area contributed by atoms with Gasteiger partial charge in [-0.25, -0.2) is 4.98 Å². The summed E-state index contributed by atoms with van der Waals surface area (Å²) in [5.74, 6) is 0. The van der Waals surface area contributed by atoms with E-state index in [9.17, 15) is 0 Å². The monoisotopic (exact) mass is 255 g/mol. The summed E-state index contributed by atoms with van der Waals surface area (Å²) in [5, 5.41) is 4.19. The van der Waals surface area contributed by atoms with Crippen LogP contribution in [-0.4, -0.2) is 9.97 Å². The zero-order valence-corrected chi connectivity index (χ0v) is 10.6. The third-order valence-corrected chi connectivity index (χ3v) is 3.74. The summed E-state index contributed by atoms with van der Waals surface area (Å²) < 4.78 is 0. The van der Waals surface area contributed by atoms with Gasteiger partial charge in [0.25, 0.3) is 0 Å². The van der Waals surface area contributed by atoms with Crippen LogP contribution in [0.3, 0.4) is 0 Å². The Morgan fingerprint density at radius 3 is 2.94 bits per heavy atom. The van der Waals surface area contributed by atoms with E-state index in [0.717, 1.165) is 27.9 Å². The minimum absolute atomic E-state index is 0.0132. The first-order valence-corrected chi connectivity index (χ1v) is 6.69. The number of fused-ring (bicyclic) bond motifs is 1. The molecule has 0 saturated carbocycles. The Balaban J connectivity index is 1.89. The van der Waals surface area contributed by atoms with Gasteiger partial charge in [-0.3, -0.25) is 4.98 Å². The van der Waals surface area contributed by atoms with Crippen LogP contribution in [0.15, 0.2) is 48.1 Å². The number of nitrogens with zero attached hydrogens (tertiary/aromatic N) is 2. The maximum absolute atomic E-state index is 6.22. The van der Waals surface area contributed by atoms with E-state index in [2.05, 4.69) is 22.1 Å². The second kappa shape index (κ2) is 4.84. The molecule has 2 aromatic heterocycles. The van der Waals surface area contributed by atoms with E-state index in [1.54, 1.807) is 17.5 Å². The SMILES string of the molecule is NC(Cc1nccs1)c1ccc2ncccc2c1. The maximum atomic E-state index is 6.22. The van der Waals surface area contributed by atoms with Crippen LogP contribution in [0.4, 0.5) is 0 Å². The van der Waals surface area contributed by atoms with Crippen molar-refractivity contribution in [3.05, 3.63) is 58.7 Å². The molecule has 0 spiro atoms. The predicted molar refractivity (Wildman–Crippen MR) is 74.5 cm³/mol. The van der Waals surface area contributed by atoms with E-state index in [-0.39, 0.29) is 6.04 Å². The van der Waals surface area contributed by atoms with Crippen LogP contribution in [0.2, 0.25) is 0 Å². The molecule has 3 aromatic rings. The van der Waals surface area contributed by atoms with Gasteiger partial charge in [-0.05, 0) is 23.8 Å². The number of aromatic nitrogens is 2. The lowest BCUT2D eigenvalue weighted by atomic mass is 10.0. The van der Waals surface area contributed by atoms with Crippen LogP contribution >= 0.6 is 11.3 Å². The average molecular weight is 255 g/mol. The van der Waals surface area contributed by atoms with Gasteiger partial charge < -0.3 is 5.73 Å².